The first-order valence-corrected chi connectivity index (χ1v) is 19.8. The first-order chi connectivity index (χ1) is 25.2. The van der Waals surface area contributed by atoms with Gasteiger partial charge in [0.2, 0.25) is 0 Å². The molecule has 57 heavy (non-hydrogen) atoms. The van der Waals surface area contributed by atoms with Crippen molar-refractivity contribution in [2.75, 3.05) is 0 Å². The average molecular weight is 905 g/mol. The van der Waals surface area contributed by atoms with Gasteiger partial charge in [0.1, 0.15) is 0 Å². The maximum Gasteiger partial charge on any atom is -1.00 e. The summed E-state index contributed by atoms with van der Waals surface area (Å²) in [5.41, 5.74) is 3.82. The molecule has 1 atom stereocenters. The minimum atomic E-state index is -4.49. The van der Waals surface area contributed by atoms with Crippen LogP contribution in [0.15, 0.2) is 109 Å². The second-order valence-electron chi connectivity index (χ2n) is 17.7. The Morgan fingerprint density at radius 3 is 1.28 bits per heavy atom. The van der Waals surface area contributed by atoms with E-state index in [9.17, 15) is 26.3 Å². The molecule has 0 radical (unpaired) electrons. The van der Waals surface area contributed by atoms with Gasteiger partial charge in [-0.05, 0) is 10.8 Å². The van der Waals surface area contributed by atoms with Gasteiger partial charge in [0.05, 0.1) is 0 Å². The molecule has 9 heteroatoms. The molecule has 0 amide bonds. The topological polar surface area (TPSA) is 0 Å². The number of fused-ring (bicyclic) bond motifs is 3. The standard InChI is InChI=1S/C21H25.C15H8F6.C12H19.2ClH.Zr/c1-20(2,3)16-9-7-14-11-15-8-10-17(21(4,5)6)13-19(15)18(14)12-16;16-14(17,18)12-5-1-3-10(8-12)7-11-4-2-6-13(9-11)15(19,20)21;1-9(2)10-6-7-11(8-10)12(3,4)5;;;/h7-13H,1-6H3;1-6,8-9H;7-10H,1-5H3;2*1H;/q-1;;-1;;;+2/p-2. The van der Waals surface area contributed by atoms with Crippen molar-refractivity contribution in [3.05, 3.63) is 148 Å². The summed E-state index contributed by atoms with van der Waals surface area (Å²) in [6.45, 7) is 24.9. The van der Waals surface area contributed by atoms with E-state index in [1.165, 1.54) is 62.5 Å². The van der Waals surface area contributed by atoms with E-state index in [4.69, 9.17) is 0 Å². The Bertz CT molecular complexity index is 2070. The first kappa shape index (κ1) is 50.3. The van der Waals surface area contributed by atoms with Crippen LogP contribution in [0.4, 0.5) is 26.3 Å². The summed E-state index contributed by atoms with van der Waals surface area (Å²) in [5, 5.41) is 5.49. The predicted molar refractivity (Wildman–Crippen MR) is 214 cm³/mol. The molecular formula is C48H52Cl2F6Zr-2. The Labute approximate surface area is 362 Å². The first-order valence-electron chi connectivity index (χ1n) is 18.6. The Balaban J connectivity index is 0.000000302. The molecule has 0 nitrogen and oxygen atoms in total. The van der Waals surface area contributed by atoms with Gasteiger partial charge < -0.3 is 24.8 Å². The maximum atomic E-state index is 12.7. The molecule has 5 aromatic rings. The van der Waals surface area contributed by atoms with E-state index in [2.05, 4.69) is 137 Å². The quantitative estimate of drug-likeness (QED) is 0.126. The summed E-state index contributed by atoms with van der Waals surface area (Å²) in [7, 11) is 0. The second kappa shape index (κ2) is 19.0. The van der Waals surface area contributed by atoms with Gasteiger partial charge in [-0.3, -0.25) is 6.08 Å². The molecule has 1 unspecified atom stereocenters. The Hall–Kier alpha value is -2.86. The van der Waals surface area contributed by atoms with Gasteiger partial charge in [0.15, 0.2) is 0 Å². The SMILES string of the molecule is CC(C)(C)c1ccc2[cH-]c3ccc(C(C)(C)C)cc3c2c1.CC(C)C1[C-]=CC(C(C)(C)C)=C1.FC(F)(F)c1cccc([C](=[Zr+2])c2cccc(C(F)(F)F)c2)c1.[Cl-].[Cl-]. The van der Waals surface area contributed by atoms with E-state index in [0.29, 0.717) is 15.0 Å². The van der Waals surface area contributed by atoms with Crippen LogP contribution in [0, 0.1) is 23.3 Å². The number of benzene rings is 4. The van der Waals surface area contributed by atoms with Gasteiger partial charge >= 0.3 is 137 Å². The third-order valence-corrected chi connectivity index (χ3v) is 11.2. The van der Waals surface area contributed by atoms with Gasteiger partial charge in [0, 0.05) is 0 Å². The zero-order valence-electron chi connectivity index (χ0n) is 34.5. The largest absolute Gasteiger partial charge is 1.00 e. The van der Waals surface area contributed by atoms with E-state index in [1.807, 2.05) is 0 Å². The molecule has 0 saturated carbocycles. The summed E-state index contributed by atoms with van der Waals surface area (Å²) >= 11 is 0.729. The Kier molecular flexibility index (Phi) is 16.8. The minimum Gasteiger partial charge on any atom is -1.00 e. The van der Waals surface area contributed by atoms with Crippen LogP contribution in [0.2, 0.25) is 0 Å². The fourth-order valence-corrected chi connectivity index (χ4v) is 6.89. The zero-order valence-corrected chi connectivity index (χ0v) is 38.5. The molecule has 1 aliphatic rings. The monoisotopic (exact) mass is 902 g/mol. The summed E-state index contributed by atoms with van der Waals surface area (Å²) in [6.07, 6.45) is -1.07. The van der Waals surface area contributed by atoms with Crippen LogP contribution in [0.5, 0.6) is 0 Å². The normalized spacial score (nSPS) is 14.6. The van der Waals surface area contributed by atoms with E-state index in [0.717, 1.165) is 48.5 Å². The second-order valence-corrected chi connectivity index (χ2v) is 19.0. The van der Waals surface area contributed by atoms with Crippen LogP contribution >= 0.6 is 0 Å². The number of alkyl halides is 6. The van der Waals surface area contributed by atoms with Crippen molar-refractivity contribution in [2.24, 2.45) is 17.3 Å². The molecule has 0 saturated heterocycles. The van der Waals surface area contributed by atoms with E-state index in [1.54, 1.807) is 0 Å². The van der Waals surface area contributed by atoms with Gasteiger partial charge in [-0.25, -0.2) is 6.08 Å². The van der Waals surface area contributed by atoms with Gasteiger partial charge in [0.25, 0.3) is 0 Å². The van der Waals surface area contributed by atoms with Crippen LogP contribution in [0.25, 0.3) is 21.5 Å². The molecule has 0 aliphatic heterocycles. The number of hydrogen-bond acceptors (Lipinski definition) is 0. The smallest absolute Gasteiger partial charge is 1.00 e. The van der Waals surface area contributed by atoms with Crippen LogP contribution in [-0.4, -0.2) is 3.21 Å². The fraction of sp³-hybridized carbons (Fsp3) is 0.375. The molecule has 0 N–H and O–H groups in total. The number of halogens is 8. The molecule has 0 fully saturated rings. The number of rotatable bonds is 3. The third-order valence-electron chi connectivity index (χ3n) is 9.77. The fourth-order valence-electron chi connectivity index (χ4n) is 6.13. The van der Waals surface area contributed by atoms with Crippen molar-refractivity contribution in [2.45, 2.75) is 99.3 Å². The molecular weight excluding hydrogens is 853 g/mol. The van der Waals surface area contributed by atoms with Crippen molar-refractivity contribution < 1.29 is 75.4 Å². The summed E-state index contributed by atoms with van der Waals surface area (Å²) < 4.78 is 76.7. The summed E-state index contributed by atoms with van der Waals surface area (Å²) in [6, 6.07) is 25.3. The maximum absolute atomic E-state index is 12.7. The van der Waals surface area contributed by atoms with Crippen LogP contribution < -0.4 is 24.8 Å². The average Bonchev–Trinajstić information content (AvgIpc) is 3.73. The molecule has 0 spiro atoms. The number of hydrogen-bond donors (Lipinski definition) is 0. The molecule has 1 aliphatic carbocycles. The molecule has 0 bridgehead atoms. The Morgan fingerprint density at radius 1 is 0.579 bits per heavy atom. The molecule has 6 rings (SSSR count). The molecule has 5 aromatic carbocycles. The summed E-state index contributed by atoms with van der Waals surface area (Å²) in [4.78, 5) is 0. The van der Waals surface area contributed by atoms with Gasteiger partial charge in [-0.15, -0.1) is 39.7 Å². The molecule has 0 heterocycles. The minimum absolute atomic E-state index is 0. The van der Waals surface area contributed by atoms with Crippen molar-refractivity contribution in [1.29, 1.82) is 0 Å². The van der Waals surface area contributed by atoms with Gasteiger partial charge in [-0.1, -0.05) is 129 Å². The van der Waals surface area contributed by atoms with E-state index >= 15 is 0 Å². The van der Waals surface area contributed by atoms with E-state index < -0.39 is 23.5 Å². The zero-order chi connectivity index (χ0) is 41.3. The van der Waals surface area contributed by atoms with Crippen LogP contribution in [0.3, 0.4) is 0 Å². The predicted octanol–water partition coefficient (Wildman–Crippen LogP) is 8.76. The van der Waals surface area contributed by atoms with Gasteiger partial charge in [-0.2, -0.15) is 11.6 Å². The van der Waals surface area contributed by atoms with Crippen molar-refractivity contribution >= 4 is 24.8 Å². The van der Waals surface area contributed by atoms with Crippen LogP contribution in [0.1, 0.15) is 110 Å². The summed E-state index contributed by atoms with van der Waals surface area (Å²) in [5.74, 6) is 1.22. The van der Waals surface area contributed by atoms with Crippen LogP contribution in [-0.2, 0) is 47.4 Å². The molecule has 0 aromatic heterocycles. The van der Waals surface area contributed by atoms with E-state index in [-0.39, 0.29) is 52.2 Å². The molecule has 306 valence electrons. The number of allylic oxidation sites excluding steroid dienone is 4. The van der Waals surface area contributed by atoms with Crippen molar-refractivity contribution in [3.63, 3.8) is 0 Å². The van der Waals surface area contributed by atoms with Crippen molar-refractivity contribution in [1.82, 2.24) is 0 Å². The Morgan fingerprint density at radius 2 is 0.982 bits per heavy atom. The third kappa shape index (κ3) is 13.3. The van der Waals surface area contributed by atoms with Crippen molar-refractivity contribution in [3.8, 4) is 0 Å².